The first-order valence-corrected chi connectivity index (χ1v) is 8.21. The number of aromatic nitrogens is 2. The highest BCUT2D eigenvalue weighted by Gasteiger charge is 2.18. The second-order valence-corrected chi connectivity index (χ2v) is 5.66. The molecule has 1 N–H and O–H groups in total. The van der Waals surface area contributed by atoms with Crippen LogP contribution in [0, 0.1) is 0 Å². The minimum absolute atomic E-state index is 0.0245. The molecular formula is C20H18N2O5. The Morgan fingerprint density at radius 3 is 2.70 bits per heavy atom. The molecule has 0 fully saturated rings. The summed E-state index contributed by atoms with van der Waals surface area (Å²) in [7, 11) is 1.45. The van der Waals surface area contributed by atoms with E-state index in [1.165, 1.54) is 19.3 Å². The number of methoxy groups -OCH3 is 1. The molecule has 138 valence electrons. The van der Waals surface area contributed by atoms with E-state index in [0.29, 0.717) is 17.2 Å². The number of benzene rings is 2. The molecule has 1 atom stereocenters. The lowest BCUT2D eigenvalue weighted by molar-refractivity contribution is -0.143. The van der Waals surface area contributed by atoms with Crippen LogP contribution in [0.4, 0.5) is 0 Å². The first-order chi connectivity index (χ1) is 13.1. The average Bonchev–Trinajstić information content (AvgIpc) is 3.18. The first-order valence-electron chi connectivity index (χ1n) is 8.21. The van der Waals surface area contributed by atoms with Crippen LogP contribution in [0.3, 0.4) is 0 Å². The van der Waals surface area contributed by atoms with Gasteiger partial charge in [0.1, 0.15) is 0 Å². The summed E-state index contributed by atoms with van der Waals surface area (Å²) < 4.78 is 15.9. The lowest BCUT2D eigenvalue weighted by Gasteiger charge is -2.07. The summed E-state index contributed by atoms with van der Waals surface area (Å²) in [4.78, 5) is 12.0. The lowest BCUT2D eigenvalue weighted by Crippen LogP contribution is -2.06. The minimum Gasteiger partial charge on any atom is -0.504 e. The third-order valence-electron chi connectivity index (χ3n) is 3.72. The smallest absolute Gasteiger partial charge is 0.331 e. The fourth-order valence-corrected chi connectivity index (χ4v) is 2.32. The molecule has 1 aromatic heterocycles. The Balaban J connectivity index is 1.63. The topological polar surface area (TPSA) is 94.7 Å². The third-order valence-corrected chi connectivity index (χ3v) is 3.72. The monoisotopic (exact) mass is 366 g/mol. The number of ether oxygens (including phenoxy) is 2. The quantitative estimate of drug-likeness (QED) is 0.524. The van der Waals surface area contributed by atoms with Crippen molar-refractivity contribution in [3.05, 3.63) is 66.1 Å². The number of esters is 1. The number of hydrogen-bond acceptors (Lipinski definition) is 7. The normalized spacial score (nSPS) is 12.1. The maximum absolute atomic E-state index is 12.0. The molecule has 0 spiro atoms. The largest absolute Gasteiger partial charge is 0.504 e. The van der Waals surface area contributed by atoms with Crippen molar-refractivity contribution in [1.29, 1.82) is 0 Å². The van der Waals surface area contributed by atoms with E-state index in [1.807, 2.05) is 30.3 Å². The van der Waals surface area contributed by atoms with Crippen LogP contribution in [0.25, 0.3) is 17.5 Å². The van der Waals surface area contributed by atoms with Gasteiger partial charge < -0.3 is 19.0 Å². The Morgan fingerprint density at radius 1 is 1.19 bits per heavy atom. The number of nitrogens with zero attached hydrogens (tertiary/aromatic N) is 2. The standard InChI is InChI=1S/C20H18N2O5/c1-13(19-21-22-20(27-19)15-6-4-3-5-7-15)26-18(24)11-9-14-8-10-16(23)17(12-14)25-2/h3-13,23H,1-2H3/b11-9+/t13-/m0/s1. The minimum atomic E-state index is -0.693. The number of carbonyl (C=O) groups excluding carboxylic acids is 1. The van der Waals surface area contributed by atoms with Crippen LogP contribution in [0.2, 0.25) is 0 Å². The number of aromatic hydroxyl groups is 1. The van der Waals surface area contributed by atoms with Gasteiger partial charge in [-0.05, 0) is 42.8 Å². The van der Waals surface area contributed by atoms with Gasteiger partial charge in [-0.2, -0.15) is 0 Å². The SMILES string of the molecule is COc1cc(/C=C/C(=O)O[C@@H](C)c2nnc(-c3ccccc3)o2)ccc1O. The van der Waals surface area contributed by atoms with Crippen LogP contribution in [-0.2, 0) is 9.53 Å². The van der Waals surface area contributed by atoms with Gasteiger partial charge in [0, 0.05) is 11.6 Å². The van der Waals surface area contributed by atoms with Crippen LogP contribution in [-0.4, -0.2) is 28.4 Å². The van der Waals surface area contributed by atoms with Crippen molar-refractivity contribution in [2.24, 2.45) is 0 Å². The predicted molar refractivity (Wildman–Crippen MR) is 97.9 cm³/mol. The van der Waals surface area contributed by atoms with E-state index in [4.69, 9.17) is 13.9 Å². The number of rotatable bonds is 6. The highest BCUT2D eigenvalue weighted by molar-refractivity contribution is 5.87. The zero-order chi connectivity index (χ0) is 19.2. The molecular weight excluding hydrogens is 348 g/mol. The lowest BCUT2D eigenvalue weighted by atomic mass is 10.2. The van der Waals surface area contributed by atoms with Gasteiger partial charge in [-0.1, -0.05) is 24.3 Å². The van der Waals surface area contributed by atoms with Gasteiger partial charge in [0.25, 0.3) is 5.89 Å². The van der Waals surface area contributed by atoms with Crippen molar-refractivity contribution >= 4 is 12.0 Å². The van der Waals surface area contributed by atoms with Crippen molar-refractivity contribution < 1.29 is 23.8 Å². The molecule has 3 rings (SSSR count). The molecule has 2 aromatic carbocycles. The van der Waals surface area contributed by atoms with Crippen LogP contribution in [0.5, 0.6) is 11.5 Å². The molecule has 27 heavy (non-hydrogen) atoms. The van der Waals surface area contributed by atoms with Gasteiger partial charge in [-0.25, -0.2) is 4.79 Å². The Kier molecular flexibility index (Phi) is 5.51. The molecule has 1 heterocycles. The molecule has 7 nitrogen and oxygen atoms in total. The molecule has 0 saturated heterocycles. The maximum atomic E-state index is 12.0. The Labute approximate surface area is 155 Å². The number of phenolic OH excluding ortho intramolecular Hbond substituents is 1. The molecule has 0 unspecified atom stereocenters. The maximum Gasteiger partial charge on any atom is 0.331 e. The highest BCUT2D eigenvalue weighted by atomic mass is 16.6. The number of phenols is 1. The van der Waals surface area contributed by atoms with E-state index >= 15 is 0 Å². The summed E-state index contributed by atoms with van der Waals surface area (Å²) in [6.45, 7) is 1.65. The molecule has 0 aliphatic heterocycles. The van der Waals surface area contributed by atoms with E-state index in [9.17, 15) is 9.90 Å². The van der Waals surface area contributed by atoms with E-state index < -0.39 is 12.1 Å². The summed E-state index contributed by atoms with van der Waals surface area (Å²) in [5, 5.41) is 17.5. The van der Waals surface area contributed by atoms with Crippen LogP contribution in [0.15, 0.2) is 59.0 Å². The van der Waals surface area contributed by atoms with Crippen molar-refractivity contribution in [2.45, 2.75) is 13.0 Å². The summed E-state index contributed by atoms with van der Waals surface area (Å²) in [5.41, 5.74) is 1.47. The molecule has 0 aliphatic carbocycles. The summed E-state index contributed by atoms with van der Waals surface area (Å²) >= 11 is 0. The summed E-state index contributed by atoms with van der Waals surface area (Å²) in [6.07, 6.45) is 2.14. The van der Waals surface area contributed by atoms with E-state index in [-0.39, 0.29) is 11.6 Å². The second kappa shape index (κ2) is 8.18. The fraction of sp³-hybridized carbons (Fsp3) is 0.150. The molecule has 0 amide bonds. The van der Waals surface area contributed by atoms with Crippen molar-refractivity contribution in [2.75, 3.05) is 7.11 Å². The van der Waals surface area contributed by atoms with Crippen molar-refractivity contribution in [1.82, 2.24) is 10.2 Å². The van der Waals surface area contributed by atoms with Crippen molar-refractivity contribution in [3.8, 4) is 23.0 Å². The first kappa shape index (κ1) is 18.2. The molecule has 0 radical (unpaired) electrons. The number of carbonyl (C=O) groups is 1. The van der Waals surface area contributed by atoms with Gasteiger partial charge in [0.2, 0.25) is 5.89 Å². The number of hydrogen-bond donors (Lipinski definition) is 1. The van der Waals surface area contributed by atoms with Crippen molar-refractivity contribution in [3.63, 3.8) is 0 Å². The van der Waals surface area contributed by atoms with E-state index in [0.717, 1.165) is 5.56 Å². The molecule has 0 bridgehead atoms. The van der Waals surface area contributed by atoms with Gasteiger partial charge in [-0.15, -0.1) is 10.2 Å². The van der Waals surface area contributed by atoms with E-state index in [2.05, 4.69) is 10.2 Å². The zero-order valence-corrected chi connectivity index (χ0v) is 14.8. The molecule has 0 aliphatic rings. The highest BCUT2D eigenvalue weighted by Crippen LogP contribution is 2.27. The molecule has 7 heteroatoms. The average molecular weight is 366 g/mol. The van der Waals surface area contributed by atoms with Gasteiger partial charge in [-0.3, -0.25) is 0 Å². The third kappa shape index (κ3) is 4.52. The second-order valence-electron chi connectivity index (χ2n) is 5.66. The fourth-order valence-electron chi connectivity index (χ4n) is 2.32. The van der Waals surface area contributed by atoms with Crippen LogP contribution >= 0.6 is 0 Å². The van der Waals surface area contributed by atoms with Crippen LogP contribution < -0.4 is 4.74 Å². The molecule has 0 saturated carbocycles. The Morgan fingerprint density at radius 2 is 1.96 bits per heavy atom. The Hall–Kier alpha value is -3.61. The zero-order valence-electron chi connectivity index (χ0n) is 14.8. The summed E-state index contributed by atoms with van der Waals surface area (Å²) in [5.74, 6) is 0.353. The van der Waals surface area contributed by atoms with E-state index in [1.54, 1.807) is 25.1 Å². The van der Waals surface area contributed by atoms with Gasteiger partial charge in [0.15, 0.2) is 17.6 Å². The molecule has 3 aromatic rings. The predicted octanol–water partition coefficient (Wildman–Crippen LogP) is 3.77. The van der Waals surface area contributed by atoms with Gasteiger partial charge in [0.05, 0.1) is 7.11 Å². The van der Waals surface area contributed by atoms with Gasteiger partial charge >= 0.3 is 5.97 Å². The summed E-state index contributed by atoms with van der Waals surface area (Å²) in [6, 6.07) is 14.1. The Bertz CT molecular complexity index is 950. The van der Waals surface area contributed by atoms with Crippen LogP contribution in [0.1, 0.15) is 24.5 Å².